The van der Waals surface area contributed by atoms with Gasteiger partial charge in [0.05, 0.1) is 0 Å². The molecule has 16 heavy (non-hydrogen) atoms. The molecule has 1 saturated heterocycles. The molecule has 5 heteroatoms. The van der Waals surface area contributed by atoms with Crippen molar-refractivity contribution in [1.29, 1.82) is 0 Å². The van der Waals surface area contributed by atoms with Crippen LogP contribution in [0.4, 0.5) is 5.95 Å². The number of aromatic nitrogens is 3. The van der Waals surface area contributed by atoms with Crippen LogP contribution in [-0.2, 0) is 0 Å². The van der Waals surface area contributed by atoms with Crippen LogP contribution < -0.4 is 10.6 Å². The summed E-state index contributed by atoms with van der Waals surface area (Å²) in [6.07, 6.45) is 4.22. The molecule has 5 nitrogen and oxygen atoms in total. The molecule has 0 aromatic carbocycles. The van der Waals surface area contributed by atoms with Crippen LogP contribution in [0, 0.1) is 0 Å². The molecular formula is C11H15N5. The highest BCUT2D eigenvalue weighted by Crippen LogP contribution is 2.17. The summed E-state index contributed by atoms with van der Waals surface area (Å²) in [4.78, 5) is 2.22. The zero-order valence-corrected chi connectivity index (χ0v) is 9.08. The molecule has 0 saturated carbocycles. The summed E-state index contributed by atoms with van der Waals surface area (Å²) in [5, 5.41) is 8.39. The minimum Gasteiger partial charge on any atom is -0.339 e. The van der Waals surface area contributed by atoms with Gasteiger partial charge >= 0.3 is 0 Å². The Bertz CT molecular complexity index is 492. The Morgan fingerprint density at radius 2 is 2.25 bits per heavy atom. The molecule has 0 amide bonds. The topological polar surface area (TPSA) is 59.5 Å². The van der Waals surface area contributed by atoms with Crippen molar-refractivity contribution in [1.82, 2.24) is 14.6 Å². The van der Waals surface area contributed by atoms with Crippen molar-refractivity contribution in [2.24, 2.45) is 5.73 Å². The van der Waals surface area contributed by atoms with Crippen LogP contribution in [0.15, 0.2) is 24.4 Å². The zero-order chi connectivity index (χ0) is 11.0. The summed E-state index contributed by atoms with van der Waals surface area (Å²) in [7, 11) is 0. The Morgan fingerprint density at radius 3 is 3.12 bits per heavy atom. The van der Waals surface area contributed by atoms with Gasteiger partial charge in [-0.05, 0) is 25.0 Å². The molecule has 3 heterocycles. The van der Waals surface area contributed by atoms with Crippen LogP contribution in [0.2, 0.25) is 0 Å². The van der Waals surface area contributed by atoms with E-state index in [4.69, 9.17) is 5.73 Å². The highest BCUT2D eigenvalue weighted by atomic mass is 15.4. The van der Waals surface area contributed by atoms with E-state index in [9.17, 15) is 0 Å². The number of rotatable bonds is 1. The van der Waals surface area contributed by atoms with Gasteiger partial charge in [-0.25, -0.2) is 0 Å². The third-order valence-corrected chi connectivity index (χ3v) is 3.04. The van der Waals surface area contributed by atoms with E-state index in [1.807, 2.05) is 28.8 Å². The number of piperidine rings is 1. The van der Waals surface area contributed by atoms with Crippen LogP contribution in [0.5, 0.6) is 0 Å². The van der Waals surface area contributed by atoms with Crippen LogP contribution in [0.1, 0.15) is 12.8 Å². The first kappa shape index (κ1) is 9.59. The molecule has 0 spiro atoms. The number of hydrogen-bond donors (Lipinski definition) is 1. The Kier molecular flexibility index (Phi) is 2.25. The van der Waals surface area contributed by atoms with Gasteiger partial charge in [0, 0.05) is 25.3 Å². The van der Waals surface area contributed by atoms with Gasteiger partial charge in [0.2, 0.25) is 5.95 Å². The van der Waals surface area contributed by atoms with Crippen LogP contribution >= 0.6 is 0 Å². The molecule has 84 valence electrons. The smallest absolute Gasteiger partial charge is 0.231 e. The van der Waals surface area contributed by atoms with Crippen LogP contribution in [0.3, 0.4) is 0 Å². The molecule has 1 fully saturated rings. The first-order valence-corrected chi connectivity index (χ1v) is 5.65. The van der Waals surface area contributed by atoms with E-state index in [0.717, 1.165) is 37.5 Å². The number of nitrogens with two attached hydrogens (primary N) is 1. The summed E-state index contributed by atoms with van der Waals surface area (Å²) >= 11 is 0. The molecule has 1 aliphatic heterocycles. The third-order valence-electron chi connectivity index (χ3n) is 3.04. The van der Waals surface area contributed by atoms with E-state index in [2.05, 4.69) is 15.1 Å². The summed E-state index contributed by atoms with van der Waals surface area (Å²) in [6, 6.07) is 6.17. The molecule has 0 bridgehead atoms. The Balaban J connectivity index is 1.99. The molecule has 1 atom stereocenters. The standard InChI is InChI=1S/C11H15N5/c12-9-4-3-6-15(8-9)11-14-13-10-5-1-2-7-16(10)11/h1-2,5,7,9H,3-4,6,8,12H2/t9-/m1/s1. The lowest BCUT2D eigenvalue weighted by molar-refractivity contribution is 0.499. The second kappa shape index (κ2) is 3.75. The SMILES string of the molecule is N[C@@H]1CCCN(c2nnc3ccccn23)C1. The zero-order valence-electron chi connectivity index (χ0n) is 9.08. The average Bonchev–Trinajstić information content (AvgIpc) is 2.72. The molecule has 2 aromatic rings. The largest absolute Gasteiger partial charge is 0.339 e. The van der Waals surface area contributed by atoms with Crippen molar-refractivity contribution >= 4 is 11.6 Å². The monoisotopic (exact) mass is 217 g/mol. The number of anilines is 1. The van der Waals surface area contributed by atoms with E-state index in [1.54, 1.807) is 0 Å². The van der Waals surface area contributed by atoms with Crippen molar-refractivity contribution in [3.05, 3.63) is 24.4 Å². The lowest BCUT2D eigenvalue weighted by atomic mass is 10.1. The maximum Gasteiger partial charge on any atom is 0.231 e. The summed E-state index contributed by atoms with van der Waals surface area (Å²) in [5.74, 6) is 0.908. The summed E-state index contributed by atoms with van der Waals surface area (Å²) in [6.45, 7) is 1.89. The first-order valence-electron chi connectivity index (χ1n) is 5.65. The van der Waals surface area contributed by atoms with Gasteiger partial charge in [-0.3, -0.25) is 4.40 Å². The second-order valence-corrected chi connectivity index (χ2v) is 4.28. The first-order chi connectivity index (χ1) is 7.84. The molecule has 2 N–H and O–H groups in total. The van der Waals surface area contributed by atoms with E-state index >= 15 is 0 Å². The van der Waals surface area contributed by atoms with Gasteiger partial charge in [0.1, 0.15) is 0 Å². The fourth-order valence-corrected chi connectivity index (χ4v) is 2.24. The van der Waals surface area contributed by atoms with Gasteiger partial charge in [-0.2, -0.15) is 0 Å². The second-order valence-electron chi connectivity index (χ2n) is 4.28. The van der Waals surface area contributed by atoms with Gasteiger partial charge < -0.3 is 10.6 Å². The minimum absolute atomic E-state index is 0.254. The van der Waals surface area contributed by atoms with Crippen molar-refractivity contribution in [3.63, 3.8) is 0 Å². The van der Waals surface area contributed by atoms with Crippen molar-refractivity contribution < 1.29 is 0 Å². The Labute approximate surface area is 93.9 Å². The minimum atomic E-state index is 0.254. The predicted octanol–water partition coefficient (Wildman–Crippen LogP) is 0.657. The molecule has 3 rings (SSSR count). The fraction of sp³-hybridized carbons (Fsp3) is 0.455. The summed E-state index contributed by atoms with van der Waals surface area (Å²) < 4.78 is 2.01. The lowest BCUT2D eigenvalue weighted by Gasteiger charge is -2.30. The summed E-state index contributed by atoms with van der Waals surface area (Å²) in [5.41, 5.74) is 6.86. The third kappa shape index (κ3) is 1.53. The van der Waals surface area contributed by atoms with E-state index in [0.29, 0.717) is 0 Å². The Morgan fingerprint density at radius 1 is 1.31 bits per heavy atom. The molecule has 0 unspecified atom stereocenters. The Hall–Kier alpha value is -1.62. The molecule has 0 aliphatic carbocycles. The van der Waals surface area contributed by atoms with Crippen LogP contribution in [-0.4, -0.2) is 33.7 Å². The highest BCUT2D eigenvalue weighted by molar-refractivity contribution is 5.46. The van der Waals surface area contributed by atoms with Gasteiger partial charge in [-0.15, -0.1) is 10.2 Å². The number of nitrogens with zero attached hydrogens (tertiary/aromatic N) is 4. The fourth-order valence-electron chi connectivity index (χ4n) is 2.24. The van der Waals surface area contributed by atoms with Crippen molar-refractivity contribution in [2.45, 2.75) is 18.9 Å². The van der Waals surface area contributed by atoms with E-state index in [1.165, 1.54) is 0 Å². The molecule has 2 aromatic heterocycles. The van der Waals surface area contributed by atoms with Crippen molar-refractivity contribution in [3.8, 4) is 0 Å². The molecule has 1 aliphatic rings. The van der Waals surface area contributed by atoms with Crippen molar-refractivity contribution in [2.75, 3.05) is 18.0 Å². The number of pyridine rings is 1. The molecule has 0 radical (unpaired) electrons. The number of fused-ring (bicyclic) bond motifs is 1. The van der Waals surface area contributed by atoms with E-state index in [-0.39, 0.29) is 6.04 Å². The lowest BCUT2D eigenvalue weighted by Crippen LogP contribution is -2.43. The number of hydrogen-bond acceptors (Lipinski definition) is 4. The quantitative estimate of drug-likeness (QED) is 0.762. The normalized spacial score (nSPS) is 21.6. The van der Waals surface area contributed by atoms with Gasteiger partial charge in [-0.1, -0.05) is 6.07 Å². The average molecular weight is 217 g/mol. The van der Waals surface area contributed by atoms with Crippen LogP contribution in [0.25, 0.3) is 5.65 Å². The predicted molar refractivity (Wildman–Crippen MR) is 62.4 cm³/mol. The highest BCUT2D eigenvalue weighted by Gasteiger charge is 2.20. The van der Waals surface area contributed by atoms with Gasteiger partial charge in [0.15, 0.2) is 5.65 Å². The molecular weight excluding hydrogens is 202 g/mol. The maximum atomic E-state index is 5.98. The van der Waals surface area contributed by atoms with E-state index < -0.39 is 0 Å². The van der Waals surface area contributed by atoms with Gasteiger partial charge in [0.25, 0.3) is 0 Å². The maximum absolute atomic E-state index is 5.98.